The van der Waals surface area contributed by atoms with Crippen LogP contribution in [0.15, 0.2) is 83.8 Å². The topological polar surface area (TPSA) is 86.8 Å². The lowest BCUT2D eigenvalue weighted by atomic mass is 10.1. The molecular weight excluding hydrogens is 534 g/mol. The second kappa shape index (κ2) is 12.7. The van der Waals surface area contributed by atoms with E-state index >= 15 is 0 Å². The van der Waals surface area contributed by atoms with Gasteiger partial charge in [0, 0.05) is 17.6 Å². The Morgan fingerprint density at radius 1 is 0.974 bits per heavy atom. The van der Waals surface area contributed by atoms with Gasteiger partial charge >= 0.3 is 0 Å². The summed E-state index contributed by atoms with van der Waals surface area (Å²) in [7, 11) is -4.07. The van der Waals surface area contributed by atoms with Gasteiger partial charge in [0.05, 0.1) is 10.6 Å². The van der Waals surface area contributed by atoms with Crippen molar-refractivity contribution in [2.75, 3.05) is 10.8 Å². The van der Waals surface area contributed by atoms with Crippen molar-refractivity contribution in [3.8, 4) is 0 Å². The van der Waals surface area contributed by atoms with E-state index in [0.29, 0.717) is 10.7 Å². The van der Waals surface area contributed by atoms with Crippen molar-refractivity contribution in [3.05, 3.63) is 95.0 Å². The minimum atomic E-state index is -4.07. The molecule has 3 aromatic rings. The standard InChI is InChI=1S/C30H34ClN3O4S/c1-22-9-8-12-27(19-22)34(39(37,38)28-13-4-3-5-14-28)21-29(35)33(20-24-15-17-25(31)18-16-24)23(2)30(36)32-26-10-6-7-11-26/h3-5,8-9,12-19,23,26H,6-7,10-11,20-21H2,1-2H3,(H,32,36). The number of hydrogen-bond donors (Lipinski definition) is 1. The van der Waals surface area contributed by atoms with Crippen molar-refractivity contribution in [1.82, 2.24) is 10.2 Å². The van der Waals surface area contributed by atoms with Gasteiger partial charge in [-0.3, -0.25) is 13.9 Å². The van der Waals surface area contributed by atoms with Gasteiger partial charge in [0.25, 0.3) is 10.0 Å². The van der Waals surface area contributed by atoms with Gasteiger partial charge < -0.3 is 10.2 Å². The SMILES string of the molecule is Cc1cccc(N(CC(=O)N(Cc2ccc(Cl)cc2)C(C)C(=O)NC2CCCC2)S(=O)(=O)c2ccccc2)c1. The number of anilines is 1. The van der Waals surface area contributed by atoms with Crippen LogP contribution in [0.2, 0.25) is 5.02 Å². The molecule has 4 rings (SSSR count). The third-order valence-corrected chi connectivity index (χ3v) is 9.07. The Kier molecular flexibility index (Phi) is 9.30. The molecule has 1 N–H and O–H groups in total. The molecule has 0 heterocycles. The number of hydrogen-bond acceptors (Lipinski definition) is 4. The van der Waals surface area contributed by atoms with Gasteiger partial charge in [-0.1, -0.05) is 66.9 Å². The smallest absolute Gasteiger partial charge is 0.264 e. The predicted molar refractivity (Wildman–Crippen MR) is 154 cm³/mol. The van der Waals surface area contributed by atoms with Crippen molar-refractivity contribution in [2.24, 2.45) is 0 Å². The number of amides is 2. The first-order valence-electron chi connectivity index (χ1n) is 13.1. The lowest BCUT2D eigenvalue weighted by Crippen LogP contribution is -2.52. The van der Waals surface area contributed by atoms with Crippen LogP contribution in [0, 0.1) is 6.92 Å². The Bertz CT molecular complexity index is 1390. The first kappa shape index (κ1) is 28.6. The summed E-state index contributed by atoms with van der Waals surface area (Å²) in [5.41, 5.74) is 2.01. The molecule has 39 heavy (non-hydrogen) atoms. The summed E-state index contributed by atoms with van der Waals surface area (Å²) in [5, 5.41) is 3.63. The maximum atomic E-state index is 14.0. The summed E-state index contributed by atoms with van der Waals surface area (Å²) in [6.45, 7) is 3.21. The molecule has 3 aromatic carbocycles. The first-order valence-corrected chi connectivity index (χ1v) is 15.0. The molecule has 1 unspecified atom stereocenters. The highest BCUT2D eigenvalue weighted by Crippen LogP contribution is 2.26. The second-order valence-corrected chi connectivity index (χ2v) is 12.3. The molecule has 0 aliphatic heterocycles. The molecule has 1 aliphatic carbocycles. The fourth-order valence-corrected chi connectivity index (χ4v) is 6.35. The summed E-state index contributed by atoms with van der Waals surface area (Å²) in [5.74, 6) is -0.739. The molecule has 0 spiro atoms. The number of carbonyl (C=O) groups excluding carboxylic acids is 2. The average molecular weight is 568 g/mol. The van der Waals surface area contributed by atoms with Crippen molar-refractivity contribution in [1.29, 1.82) is 0 Å². The van der Waals surface area contributed by atoms with Crippen LogP contribution < -0.4 is 9.62 Å². The third-order valence-electron chi connectivity index (χ3n) is 7.03. The number of aryl methyl sites for hydroxylation is 1. The van der Waals surface area contributed by atoms with E-state index < -0.39 is 28.5 Å². The van der Waals surface area contributed by atoms with E-state index in [9.17, 15) is 18.0 Å². The fourth-order valence-electron chi connectivity index (χ4n) is 4.79. The summed E-state index contributed by atoms with van der Waals surface area (Å²) in [6, 6.07) is 21.4. The molecule has 1 saturated carbocycles. The van der Waals surface area contributed by atoms with E-state index in [1.807, 2.05) is 13.0 Å². The number of rotatable bonds is 10. The molecule has 0 radical (unpaired) electrons. The largest absolute Gasteiger partial charge is 0.352 e. The van der Waals surface area contributed by atoms with Crippen molar-refractivity contribution < 1.29 is 18.0 Å². The number of nitrogens with zero attached hydrogens (tertiary/aromatic N) is 2. The predicted octanol–water partition coefficient (Wildman–Crippen LogP) is 5.32. The summed E-state index contributed by atoms with van der Waals surface area (Å²) >= 11 is 6.06. The normalized spacial score (nSPS) is 14.5. The van der Waals surface area contributed by atoms with Gasteiger partial charge in [-0.15, -0.1) is 0 Å². The van der Waals surface area contributed by atoms with Crippen LogP contribution in [0.5, 0.6) is 0 Å². The molecule has 206 valence electrons. The molecule has 1 atom stereocenters. The Morgan fingerprint density at radius 2 is 1.64 bits per heavy atom. The third kappa shape index (κ3) is 7.19. The molecule has 1 fully saturated rings. The van der Waals surface area contributed by atoms with Crippen molar-refractivity contribution in [2.45, 2.75) is 63.1 Å². The summed E-state index contributed by atoms with van der Waals surface area (Å²) in [6.07, 6.45) is 3.96. The average Bonchev–Trinajstić information content (AvgIpc) is 3.44. The fraction of sp³-hybridized carbons (Fsp3) is 0.333. The van der Waals surface area contributed by atoms with Gasteiger partial charge in [-0.25, -0.2) is 8.42 Å². The van der Waals surface area contributed by atoms with Crippen LogP contribution in [0.4, 0.5) is 5.69 Å². The Morgan fingerprint density at radius 3 is 2.28 bits per heavy atom. The van der Waals surface area contributed by atoms with Crippen LogP contribution in [0.3, 0.4) is 0 Å². The Balaban J connectivity index is 1.67. The van der Waals surface area contributed by atoms with E-state index in [-0.39, 0.29) is 23.4 Å². The molecule has 2 amide bonds. The van der Waals surface area contributed by atoms with Crippen LogP contribution in [0.25, 0.3) is 0 Å². The highest BCUT2D eigenvalue weighted by Gasteiger charge is 2.33. The summed E-state index contributed by atoms with van der Waals surface area (Å²) in [4.78, 5) is 28.7. The van der Waals surface area contributed by atoms with E-state index in [0.717, 1.165) is 41.1 Å². The van der Waals surface area contributed by atoms with E-state index in [4.69, 9.17) is 11.6 Å². The van der Waals surface area contributed by atoms with Gasteiger partial charge in [-0.2, -0.15) is 0 Å². The van der Waals surface area contributed by atoms with Gasteiger partial charge in [-0.05, 0) is 74.2 Å². The second-order valence-electron chi connectivity index (χ2n) is 9.98. The highest BCUT2D eigenvalue weighted by atomic mass is 35.5. The first-order chi connectivity index (χ1) is 18.6. The zero-order valence-electron chi connectivity index (χ0n) is 22.2. The quantitative estimate of drug-likeness (QED) is 0.359. The molecule has 9 heteroatoms. The van der Waals surface area contributed by atoms with E-state index in [2.05, 4.69) is 5.32 Å². The Hall–Kier alpha value is -3.36. The Labute approximate surface area is 235 Å². The lowest BCUT2D eigenvalue weighted by Gasteiger charge is -2.32. The molecule has 0 saturated heterocycles. The maximum absolute atomic E-state index is 14.0. The van der Waals surface area contributed by atoms with Crippen LogP contribution in [-0.2, 0) is 26.2 Å². The number of carbonyl (C=O) groups is 2. The monoisotopic (exact) mass is 567 g/mol. The molecule has 7 nitrogen and oxygen atoms in total. The molecule has 0 bridgehead atoms. The number of halogens is 1. The molecular formula is C30H34ClN3O4S. The molecule has 1 aliphatic rings. The van der Waals surface area contributed by atoms with Crippen LogP contribution in [-0.4, -0.2) is 43.8 Å². The van der Waals surface area contributed by atoms with E-state index in [1.165, 1.54) is 17.0 Å². The van der Waals surface area contributed by atoms with Gasteiger partial charge in [0.1, 0.15) is 12.6 Å². The zero-order chi connectivity index (χ0) is 28.0. The number of sulfonamides is 1. The van der Waals surface area contributed by atoms with Gasteiger partial charge in [0.2, 0.25) is 11.8 Å². The van der Waals surface area contributed by atoms with Crippen LogP contribution in [0.1, 0.15) is 43.7 Å². The van der Waals surface area contributed by atoms with E-state index in [1.54, 1.807) is 67.6 Å². The molecule has 0 aromatic heterocycles. The minimum Gasteiger partial charge on any atom is -0.352 e. The maximum Gasteiger partial charge on any atom is 0.264 e. The van der Waals surface area contributed by atoms with Crippen LogP contribution >= 0.6 is 11.6 Å². The van der Waals surface area contributed by atoms with Gasteiger partial charge in [0.15, 0.2) is 0 Å². The highest BCUT2D eigenvalue weighted by molar-refractivity contribution is 7.92. The lowest BCUT2D eigenvalue weighted by molar-refractivity contribution is -0.139. The minimum absolute atomic E-state index is 0.0792. The number of nitrogens with one attached hydrogen (secondary N) is 1. The number of benzene rings is 3. The van der Waals surface area contributed by atoms with Crippen molar-refractivity contribution in [3.63, 3.8) is 0 Å². The summed E-state index contributed by atoms with van der Waals surface area (Å²) < 4.78 is 28.7. The van der Waals surface area contributed by atoms with Crippen molar-refractivity contribution >= 4 is 39.1 Å². The zero-order valence-corrected chi connectivity index (χ0v) is 23.8.